The molecule has 0 aliphatic carbocycles. The van der Waals surface area contributed by atoms with Crippen LogP contribution in [0.4, 0.5) is 46.6 Å². The van der Waals surface area contributed by atoms with E-state index in [-0.39, 0.29) is 62.3 Å². The van der Waals surface area contributed by atoms with Gasteiger partial charge in [0.2, 0.25) is 5.62 Å². The van der Waals surface area contributed by atoms with Crippen molar-refractivity contribution in [3.05, 3.63) is 93.8 Å². The van der Waals surface area contributed by atoms with E-state index in [1.807, 2.05) is 0 Å². The van der Waals surface area contributed by atoms with E-state index < -0.39 is 47.4 Å². The van der Waals surface area contributed by atoms with E-state index in [9.17, 15) is 40.2 Å². The van der Waals surface area contributed by atoms with E-state index in [0.29, 0.717) is 16.7 Å². The van der Waals surface area contributed by atoms with E-state index in [0.717, 1.165) is 15.2 Å². The Bertz CT molecular complexity index is 2260. The van der Waals surface area contributed by atoms with Crippen LogP contribution in [0.3, 0.4) is 0 Å². The summed E-state index contributed by atoms with van der Waals surface area (Å²) >= 11 is 5.44. The van der Waals surface area contributed by atoms with Crippen LogP contribution < -0.4 is 16.3 Å². The van der Waals surface area contributed by atoms with Crippen LogP contribution in [0.1, 0.15) is 49.3 Å². The number of halogens is 9. The first-order valence-corrected chi connectivity index (χ1v) is 16.3. The molecule has 0 saturated carbocycles. The molecule has 0 bridgehead atoms. The van der Waals surface area contributed by atoms with Crippen LogP contribution in [0.2, 0.25) is 10.8 Å². The first-order chi connectivity index (χ1) is 24.5. The van der Waals surface area contributed by atoms with Gasteiger partial charge in [0.15, 0.2) is 7.28 Å². The quantitative estimate of drug-likeness (QED) is 0.120. The molecule has 3 radical (unpaired) electrons. The monoisotopic (exact) mass is 762 g/mol. The van der Waals surface area contributed by atoms with Gasteiger partial charge in [0, 0.05) is 40.0 Å². The summed E-state index contributed by atoms with van der Waals surface area (Å²) in [7, 11) is 8.93. The molecule has 3 heterocycles. The number of hydrogen-bond acceptors (Lipinski definition) is 6. The number of hydrogen-bond donors (Lipinski definition) is 3. The van der Waals surface area contributed by atoms with Gasteiger partial charge >= 0.3 is 12.4 Å². The van der Waals surface area contributed by atoms with Crippen LogP contribution in [-0.2, 0) is 18.2 Å². The number of benzene rings is 3. The third kappa shape index (κ3) is 8.17. The van der Waals surface area contributed by atoms with E-state index in [4.69, 9.17) is 19.4 Å². The number of aryl methyl sites for hydroxylation is 1. The third-order valence-electron chi connectivity index (χ3n) is 8.11. The molecule has 0 spiro atoms. The van der Waals surface area contributed by atoms with Gasteiger partial charge in [-0.25, -0.2) is 18.7 Å². The molecule has 1 aliphatic rings. The highest BCUT2D eigenvalue weighted by atomic mass is 35.5. The molecule has 2 unspecified atom stereocenters. The highest BCUT2D eigenvalue weighted by Gasteiger charge is 2.39. The van der Waals surface area contributed by atoms with Crippen molar-refractivity contribution in [2.75, 3.05) is 12.4 Å². The van der Waals surface area contributed by atoms with Crippen LogP contribution in [0, 0.1) is 18.6 Å². The van der Waals surface area contributed by atoms with Crippen molar-refractivity contribution in [3.63, 3.8) is 0 Å². The molecule has 0 amide bonds. The fraction of sp³-hybridized carbons (Fsp3) is 0.324. The number of imidazole rings is 1. The number of aliphatic hydroxyl groups is 1. The number of rotatable bonds is 6. The first kappa shape index (κ1) is 39.6. The van der Waals surface area contributed by atoms with Gasteiger partial charge in [0.1, 0.15) is 37.7 Å². The molecular weight excluding hydrogens is 731 g/mol. The van der Waals surface area contributed by atoms with E-state index >= 15 is 0 Å². The van der Waals surface area contributed by atoms with Gasteiger partial charge in [0.05, 0.1) is 33.7 Å². The van der Waals surface area contributed by atoms with Gasteiger partial charge in [-0.1, -0.05) is 37.8 Å². The molecule has 1 aliphatic heterocycles. The summed E-state index contributed by atoms with van der Waals surface area (Å²) in [4.78, 5) is 12.2. The lowest BCUT2D eigenvalue weighted by Gasteiger charge is -2.29. The summed E-state index contributed by atoms with van der Waals surface area (Å²) in [6, 6.07) is 7.64. The Kier molecular flexibility index (Phi) is 10.7. The molecule has 0 fully saturated rings. The fourth-order valence-electron chi connectivity index (χ4n) is 6.34. The van der Waals surface area contributed by atoms with Crippen molar-refractivity contribution in [3.8, 4) is 0 Å². The van der Waals surface area contributed by atoms with Gasteiger partial charge in [-0.2, -0.15) is 26.3 Å². The summed E-state index contributed by atoms with van der Waals surface area (Å²) in [5, 5.41) is 17.8. The molecule has 6 rings (SSSR count). The molecule has 3 N–H and O–H groups in total. The molecule has 19 heteroatoms. The minimum absolute atomic E-state index is 0.0711. The summed E-state index contributed by atoms with van der Waals surface area (Å²) in [6.45, 7) is 9.05. The van der Waals surface area contributed by atoms with Crippen LogP contribution in [0.25, 0.3) is 27.6 Å². The van der Waals surface area contributed by atoms with Crippen LogP contribution >= 0.6 is 11.6 Å². The van der Waals surface area contributed by atoms with Crippen molar-refractivity contribution in [2.45, 2.75) is 64.0 Å². The number of nitrogens with one attached hydrogen (secondary N) is 2. The largest absolute Gasteiger partial charge is 0.418 e. The molecule has 8 nitrogen and oxygen atoms in total. The third-order valence-corrected chi connectivity index (χ3v) is 8.37. The number of anilines is 2. The number of alkyl halides is 6. The number of nitrogens with zero attached hydrogens (tertiary/aromatic N) is 5. The second-order valence-electron chi connectivity index (χ2n) is 12.7. The maximum Gasteiger partial charge on any atom is 0.418 e. The minimum Gasteiger partial charge on any atom is -0.388 e. The van der Waals surface area contributed by atoms with E-state index in [2.05, 4.69) is 32.2 Å². The lowest BCUT2D eigenvalue weighted by Crippen LogP contribution is -2.48. The SMILES string of the molecule is Fc1ccc(Cl)cc1.[B]C(O)([B]C(C)C)n1c(=NC)n(CC(F)(F)F)c2cc(Nc3nc(C)nc4c(C(F)(F)F)cc(F)cc34)c3c(c21)C(=C)NC3C. The Labute approximate surface area is 305 Å². The first-order valence-electron chi connectivity index (χ1n) is 15.9. The Balaban J connectivity index is 0.000000599. The number of fused-ring (bicyclic) bond motifs is 4. The maximum absolute atomic E-state index is 14.5. The standard InChI is InChI=1S/C28H27B2F7N7O.C6H4ClF/c1-11(2)30-28(29,45)44-23-19(43(25(44)38-6)10-26(32,33)34)9-18(20-12(3)39-13(4)21(20)23)42-24-16-7-15(31)8-17(27(35,36)37)22(16)40-14(5)41-24;7-5-1-3-6(8)4-2-5/h7-9,11-12,39,45H,4,10H2,1-3,5-6H3,(H,40,41,42);1-4H. The van der Waals surface area contributed by atoms with Gasteiger partial charge in [-0.3, -0.25) is 9.56 Å². The van der Waals surface area contributed by atoms with Gasteiger partial charge < -0.3 is 20.3 Å². The van der Waals surface area contributed by atoms with Crippen LogP contribution in [-0.4, -0.2) is 52.6 Å². The lowest BCUT2D eigenvalue weighted by atomic mass is 9.49. The second-order valence-corrected chi connectivity index (χ2v) is 13.1. The molecule has 2 aromatic heterocycles. The number of aromatic nitrogens is 4. The average Bonchev–Trinajstić information content (AvgIpc) is 3.49. The van der Waals surface area contributed by atoms with Crippen molar-refractivity contribution in [2.24, 2.45) is 4.99 Å². The molecule has 0 saturated heterocycles. The Hall–Kier alpha value is -4.57. The topological polar surface area (TPSA) is 92.3 Å². The predicted octanol–water partition coefficient (Wildman–Crippen LogP) is 8.06. The van der Waals surface area contributed by atoms with Gasteiger partial charge in [-0.05, 0) is 56.3 Å². The highest BCUT2D eigenvalue weighted by molar-refractivity contribution is 6.52. The minimum atomic E-state index is -4.94. The Morgan fingerprint density at radius 2 is 1.72 bits per heavy atom. The van der Waals surface area contributed by atoms with E-state index in [1.54, 1.807) is 20.8 Å². The summed E-state index contributed by atoms with van der Waals surface area (Å²) < 4.78 is 112. The summed E-state index contributed by atoms with van der Waals surface area (Å²) in [5.74, 6) is -2.02. The van der Waals surface area contributed by atoms with Crippen molar-refractivity contribution < 1.29 is 40.2 Å². The molecule has 53 heavy (non-hydrogen) atoms. The van der Waals surface area contributed by atoms with Crippen LogP contribution in [0.15, 0.2) is 54.0 Å². The predicted molar refractivity (Wildman–Crippen MR) is 189 cm³/mol. The lowest BCUT2D eigenvalue weighted by molar-refractivity contribution is -0.140. The van der Waals surface area contributed by atoms with Crippen molar-refractivity contribution >= 4 is 65.9 Å². The summed E-state index contributed by atoms with van der Waals surface area (Å²) in [6.07, 6.45) is -9.68. The van der Waals surface area contributed by atoms with Crippen molar-refractivity contribution in [1.29, 1.82) is 0 Å². The average molecular weight is 763 g/mol. The molecule has 277 valence electrons. The van der Waals surface area contributed by atoms with Gasteiger partial charge in [0.25, 0.3) is 0 Å². The van der Waals surface area contributed by atoms with Gasteiger partial charge in [-0.15, -0.1) is 0 Å². The zero-order chi connectivity index (χ0) is 39.4. The zero-order valence-electron chi connectivity index (χ0n) is 28.9. The Morgan fingerprint density at radius 3 is 2.26 bits per heavy atom. The molecule has 3 aromatic carbocycles. The summed E-state index contributed by atoms with van der Waals surface area (Å²) in [5.41, 5.74) is -3.35. The zero-order valence-corrected chi connectivity index (χ0v) is 29.6. The Morgan fingerprint density at radius 1 is 1.08 bits per heavy atom. The second kappa shape index (κ2) is 14.3. The normalized spacial score (nSPS) is 16.0. The maximum atomic E-state index is 14.5. The fourth-order valence-corrected chi connectivity index (χ4v) is 6.46. The smallest absolute Gasteiger partial charge is 0.388 e. The molecule has 5 aromatic rings. The highest BCUT2D eigenvalue weighted by Crippen LogP contribution is 2.45. The van der Waals surface area contributed by atoms with Crippen LogP contribution in [0.5, 0.6) is 0 Å². The van der Waals surface area contributed by atoms with Crippen molar-refractivity contribution in [1.82, 2.24) is 24.4 Å². The molecule has 2 atom stereocenters. The molecular formula is C34H31B2ClF8N7O. The van der Waals surface area contributed by atoms with E-state index in [1.165, 1.54) is 51.6 Å².